The Labute approximate surface area is 126 Å². The molecule has 1 aromatic rings. The fourth-order valence-corrected chi connectivity index (χ4v) is 2.63. The van der Waals surface area contributed by atoms with Gasteiger partial charge in [0, 0.05) is 32.8 Å². The van der Waals surface area contributed by atoms with E-state index in [0.29, 0.717) is 17.7 Å². The number of methoxy groups -OCH3 is 1. The van der Waals surface area contributed by atoms with Gasteiger partial charge in [0.05, 0.1) is 0 Å². The number of carbonyl (C=O) groups is 1. The Balaban J connectivity index is 1.97. The lowest BCUT2D eigenvalue weighted by Gasteiger charge is -2.31. The van der Waals surface area contributed by atoms with Crippen LogP contribution < -0.4 is 5.32 Å². The van der Waals surface area contributed by atoms with Gasteiger partial charge in [-0.1, -0.05) is 6.07 Å². The average Bonchev–Trinajstić information content (AvgIpc) is 2.47. The summed E-state index contributed by atoms with van der Waals surface area (Å²) in [7, 11) is 1.73. The molecule has 0 atom stereocenters. The zero-order valence-corrected chi connectivity index (χ0v) is 13.1. The minimum Gasteiger partial charge on any atom is -0.384 e. The summed E-state index contributed by atoms with van der Waals surface area (Å²) < 4.78 is 5.19. The monoisotopic (exact) mass is 291 g/mol. The van der Waals surface area contributed by atoms with Crippen LogP contribution in [0.5, 0.6) is 0 Å². The number of hydrogen-bond donors (Lipinski definition) is 1. The van der Waals surface area contributed by atoms with Crippen LogP contribution in [0.1, 0.15) is 37.2 Å². The van der Waals surface area contributed by atoms with Gasteiger partial charge in [-0.25, -0.2) is 4.98 Å². The first-order chi connectivity index (χ1) is 10.1. The molecular formula is C16H25N3O2. The van der Waals surface area contributed by atoms with Crippen molar-refractivity contribution in [3.05, 3.63) is 23.9 Å². The van der Waals surface area contributed by atoms with Crippen molar-refractivity contribution in [2.45, 2.75) is 32.7 Å². The normalized spacial score (nSPS) is 16.3. The molecule has 0 radical (unpaired) electrons. The smallest absolute Gasteiger partial charge is 0.272 e. The lowest BCUT2D eigenvalue weighted by atomic mass is 9.97. The summed E-state index contributed by atoms with van der Waals surface area (Å²) >= 11 is 0. The van der Waals surface area contributed by atoms with Gasteiger partial charge in [0.1, 0.15) is 11.5 Å². The van der Waals surface area contributed by atoms with E-state index < -0.39 is 0 Å². The van der Waals surface area contributed by atoms with Crippen molar-refractivity contribution in [2.24, 2.45) is 5.92 Å². The Bertz CT molecular complexity index is 468. The number of ether oxygens (including phenoxy) is 1. The highest BCUT2D eigenvalue weighted by Gasteiger charge is 2.24. The van der Waals surface area contributed by atoms with Crippen LogP contribution in [0, 0.1) is 5.92 Å². The second-order valence-corrected chi connectivity index (χ2v) is 5.90. The van der Waals surface area contributed by atoms with Crippen molar-refractivity contribution < 1.29 is 9.53 Å². The third kappa shape index (κ3) is 4.43. The predicted molar refractivity (Wildman–Crippen MR) is 83.5 cm³/mol. The fourth-order valence-electron chi connectivity index (χ4n) is 2.63. The number of likely N-dealkylation sites (tertiary alicyclic amines) is 1. The van der Waals surface area contributed by atoms with Crippen molar-refractivity contribution in [3.8, 4) is 0 Å². The second-order valence-electron chi connectivity index (χ2n) is 5.90. The molecule has 5 nitrogen and oxygen atoms in total. The molecule has 1 amide bonds. The molecule has 1 fully saturated rings. The van der Waals surface area contributed by atoms with Gasteiger partial charge in [-0.2, -0.15) is 0 Å². The molecular weight excluding hydrogens is 266 g/mol. The number of amides is 1. The predicted octanol–water partition coefficient (Wildman–Crippen LogP) is 2.40. The highest BCUT2D eigenvalue weighted by Crippen LogP contribution is 2.19. The first kappa shape index (κ1) is 15.8. The lowest BCUT2D eigenvalue weighted by Crippen LogP contribution is -2.39. The molecule has 2 heterocycles. The van der Waals surface area contributed by atoms with Crippen LogP contribution in [0.4, 0.5) is 5.82 Å². The van der Waals surface area contributed by atoms with Crippen LogP contribution in [-0.2, 0) is 4.74 Å². The van der Waals surface area contributed by atoms with Gasteiger partial charge in [-0.3, -0.25) is 4.79 Å². The average molecular weight is 291 g/mol. The summed E-state index contributed by atoms with van der Waals surface area (Å²) in [6.07, 6.45) is 2.01. The molecule has 1 aliphatic heterocycles. The Morgan fingerprint density at radius 2 is 2.14 bits per heavy atom. The third-order valence-corrected chi connectivity index (χ3v) is 3.71. The van der Waals surface area contributed by atoms with E-state index in [4.69, 9.17) is 4.74 Å². The highest BCUT2D eigenvalue weighted by molar-refractivity contribution is 5.92. The van der Waals surface area contributed by atoms with Crippen LogP contribution in [0.2, 0.25) is 0 Å². The summed E-state index contributed by atoms with van der Waals surface area (Å²) in [5.74, 6) is 1.35. The first-order valence-electron chi connectivity index (χ1n) is 7.62. The van der Waals surface area contributed by atoms with E-state index in [-0.39, 0.29) is 5.91 Å². The van der Waals surface area contributed by atoms with Crippen molar-refractivity contribution in [3.63, 3.8) is 0 Å². The maximum absolute atomic E-state index is 12.5. The number of rotatable bonds is 5. The number of pyridine rings is 1. The molecule has 0 spiro atoms. The van der Waals surface area contributed by atoms with Crippen molar-refractivity contribution >= 4 is 11.7 Å². The summed E-state index contributed by atoms with van der Waals surface area (Å²) in [5, 5.41) is 3.23. The van der Waals surface area contributed by atoms with Gasteiger partial charge in [0.2, 0.25) is 0 Å². The zero-order chi connectivity index (χ0) is 15.2. The number of nitrogens with one attached hydrogen (secondary N) is 1. The molecule has 1 aliphatic rings. The van der Waals surface area contributed by atoms with E-state index >= 15 is 0 Å². The quantitative estimate of drug-likeness (QED) is 0.905. The lowest BCUT2D eigenvalue weighted by molar-refractivity contribution is 0.0608. The van der Waals surface area contributed by atoms with E-state index in [1.165, 1.54) is 0 Å². The van der Waals surface area contributed by atoms with Crippen molar-refractivity contribution in [2.75, 3.05) is 32.1 Å². The van der Waals surface area contributed by atoms with Gasteiger partial charge < -0.3 is 15.0 Å². The number of carbonyl (C=O) groups excluding carboxylic acids is 1. The maximum Gasteiger partial charge on any atom is 0.272 e. The molecule has 1 saturated heterocycles. The van der Waals surface area contributed by atoms with E-state index in [0.717, 1.165) is 38.4 Å². The van der Waals surface area contributed by atoms with E-state index in [1.807, 2.05) is 17.0 Å². The Hall–Kier alpha value is -1.62. The van der Waals surface area contributed by atoms with Crippen LogP contribution >= 0.6 is 0 Å². The van der Waals surface area contributed by atoms with Crippen LogP contribution in [0.3, 0.4) is 0 Å². The second kappa shape index (κ2) is 7.41. The number of anilines is 1. The molecule has 2 rings (SSSR count). The Morgan fingerprint density at radius 3 is 2.76 bits per heavy atom. The molecule has 0 aromatic carbocycles. The molecule has 1 N–H and O–H groups in total. The molecule has 1 aromatic heterocycles. The van der Waals surface area contributed by atoms with Crippen molar-refractivity contribution in [1.29, 1.82) is 0 Å². The minimum atomic E-state index is 0.0262. The largest absolute Gasteiger partial charge is 0.384 e. The first-order valence-corrected chi connectivity index (χ1v) is 7.62. The summed E-state index contributed by atoms with van der Waals surface area (Å²) in [4.78, 5) is 18.8. The highest BCUT2D eigenvalue weighted by atomic mass is 16.5. The summed E-state index contributed by atoms with van der Waals surface area (Å²) in [5.41, 5.74) is 0.519. The maximum atomic E-state index is 12.5. The van der Waals surface area contributed by atoms with E-state index in [2.05, 4.69) is 24.1 Å². The van der Waals surface area contributed by atoms with Gasteiger partial charge in [-0.15, -0.1) is 0 Å². The van der Waals surface area contributed by atoms with Gasteiger partial charge in [-0.05, 0) is 44.7 Å². The van der Waals surface area contributed by atoms with Crippen LogP contribution in [0.25, 0.3) is 0 Å². The van der Waals surface area contributed by atoms with E-state index in [9.17, 15) is 4.79 Å². The van der Waals surface area contributed by atoms with Gasteiger partial charge in [0.15, 0.2) is 0 Å². The Morgan fingerprint density at radius 1 is 1.43 bits per heavy atom. The standard InChI is InChI=1S/C16H25N3O2/c1-12(2)17-15-6-4-5-14(18-15)16(20)19-9-7-13(8-10-19)11-21-3/h4-6,12-13H,7-11H2,1-3H3,(H,17,18). The van der Waals surface area contributed by atoms with Crippen LogP contribution in [0.15, 0.2) is 18.2 Å². The molecule has 0 aliphatic carbocycles. The van der Waals surface area contributed by atoms with Crippen LogP contribution in [-0.4, -0.2) is 48.6 Å². The number of aromatic nitrogens is 1. The number of nitrogens with zero attached hydrogens (tertiary/aromatic N) is 2. The summed E-state index contributed by atoms with van der Waals surface area (Å²) in [6.45, 7) is 6.47. The SMILES string of the molecule is COCC1CCN(C(=O)c2cccc(NC(C)C)n2)CC1. The molecule has 116 valence electrons. The third-order valence-electron chi connectivity index (χ3n) is 3.71. The van der Waals surface area contributed by atoms with Crippen molar-refractivity contribution in [1.82, 2.24) is 9.88 Å². The fraction of sp³-hybridized carbons (Fsp3) is 0.625. The topological polar surface area (TPSA) is 54.5 Å². The van der Waals surface area contributed by atoms with Gasteiger partial charge in [0.25, 0.3) is 5.91 Å². The molecule has 5 heteroatoms. The molecule has 21 heavy (non-hydrogen) atoms. The Kier molecular flexibility index (Phi) is 5.56. The number of hydrogen-bond acceptors (Lipinski definition) is 4. The number of piperidine rings is 1. The summed E-state index contributed by atoms with van der Waals surface area (Å²) in [6, 6.07) is 5.85. The molecule has 0 unspecified atom stereocenters. The molecule has 0 bridgehead atoms. The minimum absolute atomic E-state index is 0.0262. The molecule has 0 saturated carbocycles. The van der Waals surface area contributed by atoms with Gasteiger partial charge >= 0.3 is 0 Å². The van der Waals surface area contributed by atoms with E-state index in [1.54, 1.807) is 13.2 Å². The zero-order valence-electron chi connectivity index (χ0n) is 13.1.